The molecular formula is C23H24N6O3. The number of aromatic nitrogens is 5. The van der Waals surface area contributed by atoms with Crippen LogP contribution in [0.15, 0.2) is 61.3 Å². The highest BCUT2D eigenvalue weighted by Crippen LogP contribution is 2.22. The van der Waals surface area contributed by atoms with Gasteiger partial charge in [0, 0.05) is 49.7 Å². The van der Waals surface area contributed by atoms with Crippen molar-refractivity contribution in [1.29, 1.82) is 0 Å². The van der Waals surface area contributed by atoms with E-state index < -0.39 is 0 Å². The summed E-state index contributed by atoms with van der Waals surface area (Å²) in [4.78, 5) is 26.0. The van der Waals surface area contributed by atoms with E-state index in [-0.39, 0.29) is 12.0 Å². The van der Waals surface area contributed by atoms with Gasteiger partial charge in [0.25, 0.3) is 5.91 Å². The Bertz CT molecular complexity index is 1200. The predicted molar refractivity (Wildman–Crippen MR) is 119 cm³/mol. The minimum atomic E-state index is -0.258. The molecule has 1 aliphatic heterocycles. The van der Waals surface area contributed by atoms with Crippen LogP contribution in [-0.4, -0.2) is 49.3 Å². The zero-order valence-electron chi connectivity index (χ0n) is 17.6. The fraction of sp³-hybridized carbons (Fsp3) is 0.304. The SMILES string of the molecule is O=C(Nc1nc2ccccc2n1CCCn1ccnc1)c1ccnc(OC2CCOC2)c1. The Hall–Kier alpha value is -3.72. The number of rotatable bonds is 8. The number of anilines is 1. The zero-order valence-corrected chi connectivity index (χ0v) is 17.6. The molecule has 9 nitrogen and oxygen atoms in total. The predicted octanol–water partition coefficient (Wildman–Crippen LogP) is 3.14. The summed E-state index contributed by atoms with van der Waals surface area (Å²) in [6, 6.07) is 11.2. The summed E-state index contributed by atoms with van der Waals surface area (Å²) < 4.78 is 15.2. The highest BCUT2D eigenvalue weighted by Gasteiger charge is 2.19. The molecular weight excluding hydrogens is 408 g/mol. The van der Waals surface area contributed by atoms with Crippen LogP contribution in [0.3, 0.4) is 0 Å². The first kappa shape index (κ1) is 20.2. The van der Waals surface area contributed by atoms with Crippen molar-refractivity contribution in [1.82, 2.24) is 24.1 Å². The highest BCUT2D eigenvalue weighted by molar-refractivity contribution is 6.04. The van der Waals surface area contributed by atoms with Crippen LogP contribution in [0.2, 0.25) is 0 Å². The standard InChI is InChI=1S/C23H24N6O3/c30-22(17-6-8-25-21(14-17)32-18-7-13-31-15-18)27-23-26-19-4-1-2-5-20(19)29(23)11-3-10-28-12-9-24-16-28/h1-2,4-6,8-9,12,14,16,18H,3,7,10-11,13,15H2,(H,26,27,30). The van der Waals surface area contributed by atoms with Gasteiger partial charge in [-0.1, -0.05) is 12.1 Å². The van der Waals surface area contributed by atoms with Crippen molar-refractivity contribution < 1.29 is 14.3 Å². The smallest absolute Gasteiger partial charge is 0.258 e. The minimum Gasteiger partial charge on any atom is -0.472 e. The Balaban J connectivity index is 1.33. The molecule has 0 spiro atoms. The number of hydrogen-bond acceptors (Lipinski definition) is 6. The number of nitrogens with one attached hydrogen (secondary N) is 1. The third-order valence-corrected chi connectivity index (χ3v) is 5.41. The van der Waals surface area contributed by atoms with Crippen molar-refractivity contribution in [3.8, 4) is 5.88 Å². The fourth-order valence-electron chi connectivity index (χ4n) is 3.79. The van der Waals surface area contributed by atoms with Gasteiger partial charge in [-0.25, -0.2) is 15.0 Å². The van der Waals surface area contributed by atoms with Gasteiger partial charge in [-0.2, -0.15) is 0 Å². The summed E-state index contributed by atoms with van der Waals surface area (Å²) in [7, 11) is 0. The number of nitrogens with zero attached hydrogens (tertiary/aromatic N) is 5. The Morgan fingerprint density at radius 3 is 3.00 bits per heavy atom. The molecule has 0 radical (unpaired) electrons. The molecule has 3 aromatic heterocycles. The molecule has 1 aliphatic rings. The van der Waals surface area contributed by atoms with Gasteiger partial charge in [-0.05, 0) is 24.6 Å². The molecule has 32 heavy (non-hydrogen) atoms. The average molecular weight is 432 g/mol. The Morgan fingerprint density at radius 1 is 1.22 bits per heavy atom. The molecule has 1 fully saturated rings. The fourth-order valence-corrected chi connectivity index (χ4v) is 3.79. The molecule has 1 saturated heterocycles. The van der Waals surface area contributed by atoms with E-state index in [2.05, 4.69) is 20.3 Å². The second-order valence-electron chi connectivity index (χ2n) is 7.67. The quantitative estimate of drug-likeness (QED) is 0.460. The lowest BCUT2D eigenvalue weighted by atomic mass is 10.2. The first-order chi connectivity index (χ1) is 15.8. The zero-order chi connectivity index (χ0) is 21.8. The van der Waals surface area contributed by atoms with Crippen molar-refractivity contribution in [2.24, 2.45) is 0 Å². The van der Waals surface area contributed by atoms with E-state index in [1.54, 1.807) is 30.9 Å². The Morgan fingerprint density at radius 2 is 2.16 bits per heavy atom. The largest absolute Gasteiger partial charge is 0.472 e. The van der Waals surface area contributed by atoms with Gasteiger partial charge in [-0.3, -0.25) is 10.1 Å². The monoisotopic (exact) mass is 432 g/mol. The topological polar surface area (TPSA) is 96.1 Å². The van der Waals surface area contributed by atoms with Crippen LogP contribution in [0, 0.1) is 0 Å². The number of carbonyl (C=O) groups is 1. The lowest BCUT2D eigenvalue weighted by Crippen LogP contribution is -2.19. The van der Waals surface area contributed by atoms with Crippen LogP contribution < -0.4 is 10.1 Å². The molecule has 0 bridgehead atoms. The summed E-state index contributed by atoms with van der Waals surface area (Å²) in [6.07, 6.45) is 8.75. The lowest BCUT2D eigenvalue weighted by molar-refractivity contribution is 0.102. The van der Waals surface area contributed by atoms with Gasteiger partial charge in [0.05, 0.1) is 30.6 Å². The summed E-state index contributed by atoms with van der Waals surface area (Å²) >= 11 is 0. The molecule has 0 aliphatic carbocycles. The van der Waals surface area contributed by atoms with E-state index in [1.165, 1.54) is 0 Å². The number of fused-ring (bicyclic) bond motifs is 1. The van der Waals surface area contributed by atoms with Gasteiger partial charge >= 0.3 is 0 Å². The number of benzene rings is 1. The summed E-state index contributed by atoms with van der Waals surface area (Å²) in [5.74, 6) is 0.679. The molecule has 0 saturated carbocycles. The second-order valence-corrected chi connectivity index (χ2v) is 7.67. The third-order valence-electron chi connectivity index (χ3n) is 5.41. The molecule has 1 atom stereocenters. The molecule has 1 aromatic carbocycles. The van der Waals surface area contributed by atoms with E-state index in [0.717, 1.165) is 30.4 Å². The van der Waals surface area contributed by atoms with E-state index in [0.29, 0.717) is 37.2 Å². The van der Waals surface area contributed by atoms with Gasteiger partial charge in [-0.15, -0.1) is 0 Å². The molecule has 1 N–H and O–H groups in total. The molecule has 9 heteroatoms. The molecule has 164 valence electrons. The molecule has 1 amide bonds. The van der Waals surface area contributed by atoms with Crippen molar-refractivity contribution in [3.63, 3.8) is 0 Å². The normalized spacial score (nSPS) is 15.8. The average Bonchev–Trinajstić information content (AvgIpc) is 3.57. The first-order valence-corrected chi connectivity index (χ1v) is 10.7. The number of para-hydroxylation sites is 2. The summed E-state index contributed by atoms with van der Waals surface area (Å²) in [5.41, 5.74) is 2.28. The third kappa shape index (κ3) is 4.47. The van der Waals surface area contributed by atoms with Crippen molar-refractivity contribution in [3.05, 3.63) is 66.9 Å². The Kier molecular flexibility index (Phi) is 5.80. The summed E-state index contributed by atoms with van der Waals surface area (Å²) in [6.45, 7) is 2.76. The van der Waals surface area contributed by atoms with Crippen molar-refractivity contribution in [2.75, 3.05) is 18.5 Å². The van der Waals surface area contributed by atoms with Gasteiger partial charge < -0.3 is 18.6 Å². The minimum absolute atomic E-state index is 0.0273. The van der Waals surface area contributed by atoms with Crippen LogP contribution >= 0.6 is 0 Å². The number of aryl methyl sites for hydroxylation is 2. The van der Waals surface area contributed by atoms with Crippen LogP contribution in [0.25, 0.3) is 11.0 Å². The van der Waals surface area contributed by atoms with E-state index in [1.807, 2.05) is 39.6 Å². The number of hydrogen-bond donors (Lipinski definition) is 1. The number of amides is 1. The molecule has 4 aromatic rings. The number of carbonyl (C=O) groups excluding carboxylic acids is 1. The lowest BCUT2D eigenvalue weighted by Gasteiger charge is -2.12. The van der Waals surface area contributed by atoms with Gasteiger partial charge in [0.2, 0.25) is 11.8 Å². The van der Waals surface area contributed by atoms with Gasteiger partial charge in [0.1, 0.15) is 6.10 Å². The van der Waals surface area contributed by atoms with Crippen LogP contribution in [-0.2, 0) is 17.8 Å². The van der Waals surface area contributed by atoms with Crippen LogP contribution in [0.1, 0.15) is 23.2 Å². The number of ether oxygens (including phenoxy) is 2. The van der Waals surface area contributed by atoms with Crippen molar-refractivity contribution >= 4 is 22.9 Å². The molecule has 1 unspecified atom stereocenters. The van der Waals surface area contributed by atoms with Crippen molar-refractivity contribution in [2.45, 2.75) is 32.0 Å². The maximum absolute atomic E-state index is 13.0. The number of imidazole rings is 2. The molecule has 5 rings (SSSR count). The first-order valence-electron chi connectivity index (χ1n) is 10.7. The Labute approximate surface area is 185 Å². The van der Waals surface area contributed by atoms with E-state index in [4.69, 9.17) is 9.47 Å². The maximum atomic E-state index is 13.0. The summed E-state index contributed by atoms with van der Waals surface area (Å²) in [5, 5.41) is 2.97. The molecule has 4 heterocycles. The van der Waals surface area contributed by atoms with E-state index in [9.17, 15) is 4.79 Å². The number of pyridine rings is 1. The van der Waals surface area contributed by atoms with E-state index >= 15 is 0 Å². The second kappa shape index (κ2) is 9.19. The maximum Gasteiger partial charge on any atom is 0.258 e. The highest BCUT2D eigenvalue weighted by atomic mass is 16.5. The van der Waals surface area contributed by atoms with Crippen LogP contribution in [0.5, 0.6) is 5.88 Å². The van der Waals surface area contributed by atoms with Crippen LogP contribution in [0.4, 0.5) is 5.95 Å². The van der Waals surface area contributed by atoms with Gasteiger partial charge in [0.15, 0.2) is 0 Å².